The van der Waals surface area contributed by atoms with Crippen molar-refractivity contribution >= 4 is 15.9 Å². The van der Waals surface area contributed by atoms with Crippen LogP contribution in [-0.4, -0.2) is 23.4 Å². The molecule has 0 saturated carbocycles. The van der Waals surface area contributed by atoms with Crippen LogP contribution in [0.15, 0.2) is 40.9 Å². The van der Waals surface area contributed by atoms with Crippen molar-refractivity contribution in [3.63, 3.8) is 0 Å². The second-order valence-corrected chi connectivity index (χ2v) is 4.92. The molecular formula is C14H19BrO2. The summed E-state index contributed by atoms with van der Waals surface area (Å²) in [6, 6.07) is 8.06. The Morgan fingerprint density at radius 3 is 2.41 bits per heavy atom. The molecule has 0 amide bonds. The number of halogens is 1. The summed E-state index contributed by atoms with van der Waals surface area (Å²) in [6.07, 6.45) is 6.69. The van der Waals surface area contributed by atoms with Crippen LogP contribution in [-0.2, 0) is 0 Å². The Balaban J connectivity index is 2.48. The standard InChI is InChI=1S/C14H19BrO2/c15-14-8-6-12(7-9-14)13(11-17)5-3-1-2-4-10-16/h1,3,6-9,13,16-17H,2,4-5,10-11H2/b3-1+. The summed E-state index contributed by atoms with van der Waals surface area (Å²) in [7, 11) is 0. The van der Waals surface area contributed by atoms with Gasteiger partial charge in [0.15, 0.2) is 0 Å². The third-order valence-corrected chi connectivity index (χ3v) is 3.21. The van der Waals surface area contributed by atoms with Crippen LogP contribution in [0.25, 0.3) is 0 Å². The van der Waals surface area contributed by atoms with E-state index in [2.05, 4.69) is 28.1 Å². The first-order chi connectivity index (χ1) is 8.27. The van der Waals surface area contributed by atoms with Crippen LogP contribution in [0, 0.1) is 0 Å². The molecule has 17 heavy (non-hydrogen) atoms. The Bertz CT molecular complexity index is 333. The molecule has 2 N–H and O–H groups in total. The molecule has 0 spiro atoms. The van der Waals surface area contributed by atoms with Crippen molar-refractivity contribution in [2.75, 3.05) is 13.2 Å². The molecule has 1 atom stereocenters. The molecule has 94 valence electrons. The minimum Gasteiger partial charge on any atom is -0.396 e. The third kappa shape index (κ3) is 5.48. The van der Waals surface area contributed by atoms with Crippen molar-refractivity contribution in [3.05, 3.63) is 46.5 Å². The summed E-state index contributed by atoms with van der Waals surface area (Å²) >= 11 is 3.40. The lowest BCUT2D eigenvalue weighted by Gasteiger charge is -2.12. The Labute approximate surface area is 111 Å². The highest BCUT2D eigenvalue weighted by Crippen LogP contribution is 2.21. The molecule has 3 heteroatoms. The molecule has 0 radical (unpaired) electrons. The van der Waals surface area contributed by atoms with E-state index in [0.29, 0.717) is 0 Å². The Kier molecular flexibility index (Phi) is 7.17. The van der Waals surface area contributed by atoms with E-state index in [4.69, 9.17) is 5.11 Å². The number of rotatable bonds is 7. The average molecular weight is 299 g/mol. The molecule has 0 saturated heterocycles. The van der Waals surface area contributed by atoms with Crippen molar-refractivity contribution in [3.8, 4) is 0 Å². The molecule has 0 aliphatic carbocycles. The van der Waals surface area contributed by atoms with Crippen molar-refractivity contribution in [1.82, 2.24) is 0 Å². The number of unbranched alkanes of at least 4 members (excludes halogenated alkanes) is 1. The van der Waals surface area contributed by atoms with E-state index >= 15 is 0 Å². The summed E-state index contributed by atoms with van der Waals surface area (Å²) in [4.78, 5) is 0. The first-order valence-corrected chi connectivity index (χ1v) is 6.69. The second-order valence-electron chi connectivity index (χ2n) is 4.00. The molecule has 0 aliphatic heterocycles. The van der Waals surface area contributed by atoms with Gasteiger partial charge in [-0.25, -0.2) is 0 Å². The van der Waals surface area contributed by atoms with Gasteiger partial charge in [0.25, 0.3) is 0 Å². The van der Waals surface area contributed by atoms with Crippen molar-refractivity contribution in [1.29, 1.82) is 0 Å². The number of aliphatic hydroxyl groups is 2. The molecular weight excluding hydrogens is 280 g/mol. The predicted molar refractivity (Wildman–Crippen MR) is 74.0 cm³/mol. The van der Waals surface area contributed by atoms with E-state index < -0.39 is 0 Å². The highest BCUT2D eigenvalue weighted by molar-refractivity contribution is 9.10. The zero-order valence-corrected chi connectivity index (χ0v) is 11.4. The summed E-state index contributed by atoms with van der Waals surface area (Å²) in [5, 5.41) is 18.0. The van der Waals surface area contributed by atoms with Gasteiger partial charge >= 0.3 is 0 Å². The first-order valence-electron chi connectivity index (χ1n) is 5.90. The molecule has 1 rings (SSSR count). The SMILES string of the molecule is OCCC/C=C/CC(CO)c1ccc(Br)cc1. The molecule has 1 aromatic carbocycles. The lowest BCUT2D eigenvalue weighted by Crippen LogP contribution is -2.02. The summed E-state index contributed by atoms with van der Waals surface area (Å²) < 4.78 is 1.05. The minimum absolute atomic E-state index is 0.159. The zero-order valence-electron chi connectivity index (χ0n) is 9.85. The Hall–Kier alpha value is -0.640. The lowest BCUT2D eigenvalue weighted by molar-refractivity contribution is 0.265. The topological polar surface area (TPSA) is 40.5 Å². The zero-order chi connectivity index (χ0) is 12.5. The maximum atomic E-state index is 9.37. The van der Waals surface area contributed by atoms with Gasteiger partial charge in [-0.15, -0.1) is 0 Å². The smallest absolute Gasteiger partial charge is 0.0502 e. The van der Waals surface area contributed by atoms with Gasteiger partial charge < -0.3 is 10.2 Å². The van der Waals surface area contributed by atoms with E-state index in [9.17, 15) is 5.11 Å². The second kappa shape index (κ2) is 8.45. The number of hydrogen-bond donors (Lipinski definition) is 2. The number of benzene rings is 1. The van der Waals surface area contributed by atoms with Crippen LogP contribution in [0.3, 0.4) is 0 Å². The fraction of sp³-hybridized carbons (Fsp3) is 0.429. The fourth-order valence-corrected chi connectivity index (χ4v) is 1.90. The normalized spacial score (nSPS) is 13.1. The maximum Gasteiger partial charge on any atom is 0.0502 e. The minimum atomic E-state index is 0.159. The summed E-state index contributed by atoms with van der Waals surface area (Å²) in [5.41, 5.74) is 1.16. The summed E-state index contributed by atoms with van der Waals surface area (Å²) in [5.74, 6) is 0.161. The maximum absolute atomic E-state index is 9.37. The van der Waals surface area contributed by atoms with E-state index in [-0.39, 0.29) is 19.1 Å². The molecule has 0 aromatic heterocycles. The fourth-order valence-electron chi connectivity index (χ4n) is 1.64. The lowest BCUT2D eigenvalue weighted by atomic mass is 9.96. The van der Waals surface area contributed by atoms with Crippen molar-refractivity contribution < 1.29 is 10.2 Å². The van der Waals surface area contributed by atoms with Gasteiger partial charge in [0, 0.05) is 17.0 Å². The summed E-state index contributed by atoms with van der Waals surface area (Å²) in [6.45, 7) is 0.395. The highest BCUT2D eigenvalue weighted by Gasteiger charge is 2.07. The molecule has 2 nitrogen and oxygen atoms in total. The van der Waals surface area contributed by atoms with E-state index in [1.165, 1.54) is 0 Å². The van der Waals surface area contributed by atoms with Gasteiger partial charge in [0.05, 0.1) is 6.61 Å². The first kappa shape index (κ1) is 14.4. The molecule has 1 unspecified atom stereocenters. The van der Waals surface area contributed by atoms with Crippen molar-refractivity contribution in [2.24, 2.45) is 0 Å². The van der Waals surface area contributed by atoms with Crippen LogP contribution in [0.2, 0.25) is 0 Å². The quantitative estimate of drug-likeness (QED) is 0.599. The molecule has 0 fully saturated rings. The van der Waals surface area contributed by atoms with Crippen LogP contribution in [0.5, 0.6) is 0 Å². The molecule has 1 aromatic rings. The molecule has 0 aliphatic rings. The van der Waals surface area contributed by atoms with Crippen LogP contribution in [0.4, 0.5) is 0 Å². The van der Waals surface area contributed by atoms with Crippen molar-refractivity contribution in [2.45, 2.75) is 25.2 Å². The third-order valence-electron chi connectivity index (χ3n) is 2.68. The van der Waals surface area contributed by atoms with Gasteiger partial charge in [0.1, 0.15) is 0 Å². The van der Waals surface area contributed by atoms with Crippen LogP contribution < -0.4 is 0 Å². The number of aliphatic hydroxyl groups excluding tert-OH is 2. The number of allylic oxidation sites excluding steroid dienone is 2. The molecule has 0 heterocycles. The van der Waals surface area contributed by atoms with E-state index in [1.54, 1.807) is 0 Å². The van der Waals surface area contributed by atoms with Crippen LogP contribution in [0.1, 0.15) is 30.7 Å². The van der Waals surface area contributed by atoms with E-state index in [1.807, 2.05) is 24.3 Å². The monoisotopic (exact) mass is 298 g/mol. The van der Waals surface area contributed by atoms with Gasteiger partial charge in [-0.3, -0.25) is 0 Å². The van der Waals surface area contributed by atoms with E-state index in [0.717, 1.165) is 29.3 Å². The van der Waals surface area contributed by atoms with Crippen LogP contribution >= 0.6 is 15.9 Å². The van der Waals surface area contributed by atoms with Gasteiger partial charge in [-0.2, -0.15) is 0 Å². The Morgan fingerprint density at radius 1 is 1.12 bits per heavy atom. The Morgan fingerprint density at radius 2 is 1.82 bits per heavy atom. The average Bonchev–Trinajstić information content (AvgIpc) is 2.35. The van der Waals surface area contributed by atoms with Gasteiger partial charge in [-0.1, -0.05) is 40.2 Å². The number of hydrogen-bond acceptors (Lipinski definition) is 2. The van der Waals surface area contributed by atoms with Gasteiger partial charge in [-0.05, 0) is 37.0 Å². The largest absolute Gasteiger partial charge is 0.396 e. The highest BCUT2D eigenvalue weighted by atomic mass is 79.9. The molecule has 0 bridgehead atoms. The predicted octanol–water partition coefficient (Wildman–Crippen LogP) is 3.24. The van der Waals surface area contributed by atoms with Gasteiger partial charge in [0.2, 0.25) is 0 Å².